The molecular weight excluding hydrogens is 204 g/mol. The Labute approximate surface area is 93.3 Å². The van der Waals surface area contributed by atoms with Gasteiger partial charge in [-0.1, -0.05) is 24.0 Å². The molecular formula is C12H12N2S. The van der Waals surface area contributed by atoms with E-state index in [9.17, 15) is 0 Å². The molecule has 0 saturated heterocycles. The molecule has 0 atom stereocenters. The van der Waals surface area contributed by atoms with Crippen LogP contribution in [0.5, 0.6) is 0 Å². The van der Waals surface area contributed by atoms with Crippen molar-refractivity contribution in [3.05, 3.63) is 29.3 Å². The van der Waals surface area contributed by atoms with Gasteiger partial charge >= 0.3 is 0 Å². The number of fused-ring (bicyclic) bond motifs is 1. The Balaban J connectivity index is 2.13. The first-order chi connectivity index (χ1) is 7.40. The Kier molecular flexibility index (Phi) is 3.33. The van der Waals surface area contributed by atoms with Crippen LogP contribution in [0.25, 0.3) is 10.2 Å². The van der Waals surface area contributed by atoms with Gasteiger partial charge in [-0.2, -0.15) is 0 Å². The molecule has 0 unspecified atom stereocenters. The zero-order valence-corrected chi connectivity index (χ0v) is 9.40. The van der Waals surface area contributed by atoms with E-state index in [1.165, 1.54) is 4.70 Å². The SMILES string of the molecule is CNCC#CCc1nc2ccccc2s1. The summed E-state index contributed by atoms with van der Waals surface area (Å²) in [6.07, 6.45) is 0.751. The van der Waals surface area contributed by atoms with Crippen molar-refractivity contribution in [1.29, 1.82) is 0 Å². The quantitative estimate of drug-likeness (QED) is 0.777. The van der Waals surface area contributed by atoms with Gasteiger partial charge in [0.15, 0.2) is 0 Å². The summed E-state index contributed by atoms with van der Waals surface area (Å²) in [5, 5.41) is 4.09. The molecule has 1 N–H and O–H groups in total. The summed E-state index contributed by atoms with van der Waals surface area (Å²) in [5.74, 6) is 6.13. The van der Waals surface area contributed by atoms with Gasteiger partial charge in [0.05, 0.1) is 23.2 Å². The third-order valence-electron chi connectivity index (χ3n) is 1.97. The van der Waals surface area contributed by atoms with E-state index in [4.69, 9.17) is 0 Å². The van der Waals surface area contributed by atoms with Crippen molar-refractivity contribution in [1.82, 2.24) is 10.3 Å². The Morgan fingerprint density at radius 1 is 1.33 bits per heavy atom. The number of nitrogens with one attached hydrogen (secondary N) is 1. The van der Waals surface area contributed by atoms with Crippen LogP contribution in [0.2, 0.25) is 0 Å². The van der Waals surface area contributed by atoms with E-state index < -0.39 is 0 Å². The van der Waals surface area contributed by atoms with Crippen LogP contribution >= 0.6 is 11.3 Å². The number of rotatable bonds is 2. The molecule has 2 nitrogen and oxygen atoms in total. The third-order valence-corrected chi connectivity index (χ3v) is 3.00. The Bertz CT molecular complexity index is 472. The molecule has 2 rings (SSSR count). The van der Waals surface area contributed by atoms with E-state index in [0.29, 0.717) is 0 Å². The van der Waals surface area contributed by atoms with Gasteiger partial charge < -0.3 is 5.32 Å². The fourth-order valence-corrected chi connectivity index (χ4v) is 2.19. The van der Waals surface area contributed by atoms with Crippen molar-refractivity contribution >= 4 is 21.6 Å². The minimum atomic E-state index is 0.741. The minimum absolute atomic E-state index is 0.741. The molecule has 3 heteroatoms. The van der Waals surface area contributed by atoms with Gasteiger partial charge in [-0.3, -0.25) is 0 Å². The van der Waals surface area contributed by atoms with Gasteiger partial charge in [-0.25, -0.2) is 4.98 Å². The molecule has 0 saturated carbocycles. The van der Waals surface area contributed by atoms with Gasteiger partial charge in [-0.05, 0) is 19.2 Å². The summed E-state index contributed by atoms with van der Waals surface area (Å²) >= 11 is 1.72. The van der Waals surface area contributed by atoms with E-state index >= 15 is 0 Å². The molecule has 1 heterocycles. The lowest BCUT2D eigenvalue weighted by molar-refractivity contribution is 0.937. The van der Waals surface area contributed by atoms with Crippen LogP contribution < -0.4 is 5.32 Å². The fraction of sp³-hybridized carbons (Fsp3) is 0.250. The molecule has 2 aromatic rings. The van der Waals surface area contributed by atoms with Crippen LogP contribution in [0.4, 0.5) is 0 Å². The predicted octanol–water partition coefficient (Wildman–Crippen LogP) is 2.06. The molecule has 0 aliphatic heterocycles. The third kappa shape index (κ3) is 2.56. The van der Waals surface area contributed by atoms with Crippen LogP contribution in [-0.4, -0.2) is 18.6 Å². The predicted molar refractivity (Wildman–Crippen MR) is 65.0 cm³/mol. The molecule has 1 aromatic carbocycles. The number of hydrogen-bond donors (Lipinski definition) is 1. The zero-order chi connectivity index (χ0) is 10.5. The average molecular weight is 216 g/mol. The lowest BCUT2D eigenvalue weighted by atomic mass is 10.3. The lowest BCUT2D eigenvalue weighted by Crippen LogP contribution is -2.04. The fourth-order valence-electron chi connectivity index (χ4n) is 1.28. The zero-order valence-electron chi connectivity index (χ0n) is 8.58. The number of nitrogens with zero attached hydrogens (tertiary/aromatic N) is 1. The average Bonchev–Trinajstić information content (AvgIpc) is 2.67. The standard InChI is InChI=1S/C12H12N2S/c1-13-9-5-4-8-12-14-10-6-2-3-7-11(10)15-12/h2-3,6-7,13H,8-9H2,1H3. The molecule has 0 aliphatic rings. The highest BCUT2D eigenvalue weighted by Crippen LogP contribution is 2.21. The maximum absolute atomic E-state index is 4.51. The van der Waals surface area contributed by atoms with Gasteiger partial charge in [-0.15, -0.1) is 11.3 Å². The number of hydrogen-bond acceptors (Lipinski definition) is 3. The van der Waals surface area contributed by atoms with E-state index in [2.05, 4.69) is 28.2 Å². The summed E-state index contributed by atoms with van der Waals surface area (Å²) in [7, 11) is 1.90. The molecule has 15 heavy (non-hydrogen) atoms. The van der Waals surface area contributed by atoms with E-state index in [0.717, 1.165) is 23.5 Å². The topological polar surface area (TPSA) is 24.9 Å². The normalized spacial score (nSPS) is 9.93. The van der Waals surface area contributed by atoms with Crippen molar-refractivity contribution < 1.29 is 0 Å². The maximum Gasteiger partial charge on any atom is 0.106 e. The smallest absolute Gasteiger partial charge is 0.106 e. The second-order valence-corrected chi connectivity index (χ2v) is 4.25. The number of aromatic nitrogens is 1. The molecule has 0 spiro atoms. The van der Waals surface area contributed by atoms with Gasteiger partial charge in [0.25, 0.3) is 0 Å². The first-order valence-electron chi connectivity index (χ1n) is 4.85. The van der Waals surface area contributed by atoms with Crippen LogP contribution in [0.3, 0.4) is 0 Å². The Hall–Kier alpha value is -1.37. The molecule has 0 radical (unpaired) electrons. The highest BCUT2D eigenvalue weighted by atomic mass is 32.1. The highest BCUT2D eigenvalue weighted by Gasteiger charge is 2.00. The minimum Gasteiger partial charge on any atom is -0.309 e. The van der Waals surface area contributed by atoms with Gasteiger partial charge in [0, 0.05) is 0 Å². The first-order valence-corrected chi connectivity index (χ1v) is 5.66. The second kappa shape index (κ2) is 4.92. The number of para-hydroxylation sites is 1. The largest absolute Gasteiger partial charge is 0.309 e. The Morgan fingerprint density at radius 2 is 2.20 bits per heavy atom. The highest BCUT2D eigenvalue weighted by molar-refractivity contribution is 7.18. The summed E-state index contributed by atoms with van der Waals surface area (Å²) in [4.78, 5) is 4.51. The van der Waals surface area contributed by atoms with E-state index in [1.54, 1.807) is 11.3 Å². The van der Waals surface area contributed by atoms with E-state index in [-0.39, 0.29) is 0 Å². The molecule has 0 amide bonds. The van der Waals surface area contributed by atoms with Crippen LogP contribution in [0.1, 0.15) is 5.01 Å². The first kappa shape index (κ1) is 10.2. The molecule has 0 fully saturated rings. The Morgan fingerprint density at radius 3 is 3.00 bits per heavy atom. The molecule has 1 aromatic heterocycles. The van der Waals surface area contributed by atoms with Crippen molar-refractivity contribution in [3.63, 3.8) is 0 Å². The van der Waals surface area contributed by atoms with Gasteiger partial charge in [0.1, 0.15) is 5.01 Å². The van der Waals surface area contributed by atoms with Crippen LogP contribution in [-0.2, 0) is 6.42 Å². The molecule has 76 valence electrons. The summed E-state index contributed by atoms with van der Waals surface area (Å²) < 4.78 is 1.24. The lowest BCUT2D eigenvalue weighted by Gasteiger charge is -1.83. The van der Waals surface area contributed by atoms with Gasteiger partial charge in [0.2, 0.25) is 0 Å². The second-order valence-electron chi connectivity index (χ2n) is 3.14. The van der Waals surface area contributed by atoms with Crippen LogP contribution in [0, 0.1) is 11.8 Å². The van der Waals surface area contributed by atoms with Crippen molar-refractivity contribution in [2.75, 3.05) is 13.6 Å². The number of benzene rings is 1. The molecule has 0 aliphatic carbocycles. The van der Waals surface area contributed by atoms with Crippen molar-refractivity contribution in [3.8, 4) is 11.8 Å². The number of thiazole rings is 1. The van der Waals surface area contributed by atoms with Crippen molar-refractivity contribution in [2.45, 2.75) is 6.42 Å². The van der Waals surface area contributed by atoms with Crippen molar-refractivity contribution in [2.24, 2.45) is 0 Å². The maximum atomic E-state index is 4.51. The van der Waals surface area contributed by atoms with Crippen LogP contribution in [0.15, 0.2) is 24.3 Å². The molecule has 0 bridgehead atoms. The summed E-state index contributed by atoms with van der Waals surface area (Å²) in [6, 6.07) is 8.18. The summed E-state index contributed by atoms with van der Waals surface area (Å²) in [5.41, 5.74) is 1.08. The summed E-state index contributed by atoms with van der Waals surface area (Å²) in [6.45, 7) is 0.741. The monoisotopic (exact) mass is 216 g/mol. The van der Waals surface area contributed by atoms with E-state index in [1.807, 2.05) is 25.2 Å².